The van der Waals surface area contributed by atoms with Crippen LogP contribution in [0.15, 0.2) is 42.5 Å². The number of rotatable bonds is 9. The van der Waals surface area contributed by atoms with Crippen molar-refractivity contribution in [2.24, 2.45) is 0 Å². The molecule has 2 aromatic carbocycles. The van der Waals surface area contributed by atoms with Crippen molar-refractivity contribution < 1.29 is 14.3 Å². The summed E-state index contributed by atoms with van der Waals surface area (Å²) < 4.78 is 11.5. The van der Waals surface area contributed by atoms with Gasteiger partial charge in [-0.2, -0.15) is 0 Å². The van der Waals surface area contributed by atoms with E-state index in [4.69, 9.17) is 9.47 Å². The van der Waals surface area contributed by atoms with Gasteiger partial charge in [0.25, 0.3) is 5.91 Å². The molecule has 0 bridgehead atoms. The molecule has 1 aliphatic rings. The highest BCUT2D eigenvalue weighted by Gasteiger charge is 2.16. The van der Waals surface area contributed by atoms with E-state index in [0.29, 0.717) is 13.2 Å². The summed E-state index contributed by atoms with van der Waals surface area (Å²) in [5.74, 6) is 1.47. The van der Waals surface area contributed by atoms with E-state index in [-0.39, 0.29) is 5.91 Å². The Morgan fingerprint density at radius 3 is 2.50 bits per heavy atom. The minimum Gasteiger partial charge on any atom is -0.492 e. The predicted molar refractivity (Wildman–Crippen MR) is 112 cm³/mol. The largest absolute Gasteiger partial charge is 0.492 e. The van der Waals surface area contributed by atoms with Gasteiger partial charge in [-0.3, -0.25) is 4.79 Å². The monoisotopic (exact) mass is 381 g/mol. The number of hydrogen-bond acceptors (Lipinski definition) is 3. The van der Waals surface area contributed by atoms with Gasteiger partial charge in [0, 0.05) is 0 Å². The molecular weight excluding hydrogens is 350 g/mol. The second-order valence-corrected chi connectivity index (χ2v) is 7.43. The number of carbonyl (C=O) groups is 1. The predicted octanol–water partition coefficient (Wildman–Crippen LogP) is 4.48. The van der Waals surface area contributed by atoms with Crippen LogP contribution in [0.4, 0.5) is 0 Å². The van der Waals surface area contributed by atoms with Gasteiger partial charge < -0.3 is 14.8 Å². The van der Waals surface area contributed by atoms with Crippen LogP contribution in [0.25, 0.3) is 0 Å². The summed E-state index contributed by atoms with van der Waals surface area (Å²) in [7, 11) is 0. The molecular formula is C24H31NO3. The number of nitrogens with one attached hydrogen (secondary N) is 1. The molecule has 4 nitrogen and oxygen atoms in total. The Kier molecular flexibility index (Phi) is 7.35. The second kappa shape index (κ2) is 10.2. The summed E-state index contributed by atoms with van der Waals surface area (Å²) >= 11 is 0. The first-order chi connectivity index (χ1) is 13.7. The Morgan fingerprint density at radius 2 is 1.75 bits per heavy atom. The number of hydrogen-bond donors (Lipinski definition) is 1. The van der Waals surface area contributed by atoms with Crippen molar-refractivity contribution in [1.82, 2.24) is 5.32 Å². The molecule has 0 heterocycles. The van der Waals surface area contributed by atoms with E-state index in [2.05, 4.69) is 36.5 Å². The summed E-state index contributed by atoms with van der Waals surface area (Å²) in [6, 6.07) is 14.3. The van der Waals surface area contributed by atoms with Gasteiger partial charge in [0.2, 0.25) is 0 Å². The normalized spacial score (nSPS) is 14.1. The SMILES string of the molecule is CCCc1ccc(OCCNC(=O)[C@@H](C)Oc2ccc3c(c2)CCCC3)cc1. The van der Waals surface area contributed by atoms with Crippen LogP contribution in [-0.4, -0.2) is 25.2 Å². The molecule has 4 heteroatoms. The maximum absolute atomic E-state index is 12.3. The smallest absolute Gasteiger partial charge is 0.260 e. The molecule has 2 aromatic rings. The number of aryl methyl sites for hydroxylation is 3. The van der Waals surface area contributed by atoms with Gasteiger partial charge in [-0.1, -0.05) is 31.5 Å². The molecule has 1 amide bonds. The van der Waals surface area contributed by atoms with E-state index in [1.54, 1.807) is 6.92 Å². The Balaban J connectivity index is 1.39. The number of fused-ring (bicyclic) bond motifs is 1. The molecule has 1 N–H and O–H groups in total. The standard InChI is InChI=1S/C24H31NO3/c1-3-6-19-9-12-22(13-10-19)27-16-15-25-24(26)18(2)28-23-14-11-20-7-4-5-8-21(20)17-23/h9-14,17-18H,3-8,15-16H2,1-2H3,(H,25,26)/t18-/m1/s1. The zero-order chi connectivity index (χ0) is 19.8. The molecule has 1 atom stereocenters. The highest BCUT2D eigenvalue weighted by atomic mass is 16.5. The van der Waals surface area contributed by atoms with E-state index < -0.39 is 6.10 Å². The van der Waals surface area contributed by atoms with E-state index in [9.17, 15) is 4.79 Å². The molecule has 0 unspecified atom stereocenters. The topological polar surface area (TPSA) is 47.6 Å². The van der Waals surface area contributed by atoms with E-state index in [1.165, 1.54) is 29.5 Å². The number of benzene rings is 2. The van der Waals surface area contributed by atoms with Crippen molar-refractivity contribution in [3.63, 3.8) is 0 Å². The number of carbonyl (C=O) groups excluding carboxylic acids is 1. The van der Waals surface area contributed by atoms with Crippen LogP contribution in [0, 0.1) is 0 Å². The quantitative estimate of drug-likeness (QED) is 0.652. The average Bonchev–Trinajstić information content (AvgIpc) is 2.72. The Hall–Kier alpha value is -2.49. The first kappa shape index (κ1) is 20.2. The molecule has 0 aliphatic heterocycles. The van der Waals surface area contributed by atoms with Crippen molar-refractivity contribution in [2.45, 2.75) is 58.5 Å². The van der Waals surface area contributed by atoms with Crippen molar-refractivity contribution >= 4 is 5.91 Å². The van der Waals surface area contributed by atoms with Crippen molar-refractivity contribution in [3.05, 3.63) is 59.2 Å². The third-order valence-electron chi connectivity index (χ3n) is 5.13. The molecule has 0 saturated carbocycles. The molecule has 0 fully saturated rings. The highest BCUT2D eigenvalue weighted by molar-refractivity contribution is 5.80. The van der Waals surface area contributed by atoms with Crippen LogP contribution < -0.4 is 14.8 Å². The molecule has 150 valence electrons. The zero-order valence-corrected chi connectivity index (χ0v) is 17.0. The highest BCUT2D eigenvalue weighted by Crippen LogP contribution is 2.25. The lowest BCUT2D eigenvalue weighted by molar-refractivity contribution is -0.127. The third-order valence-corrected chi connectivity index (χ3v) is 5.13. The molecule has 1 aliphatic carbocycles. The van der Waals surface area contributed by atoms with Crippen LogP contribution in [-0.2, 0) is 24.1 Å². The van der Waals surface area contributed by atoms with Gasteiger partial charge in [-0.25, -0.2) is 0 Å². The van der Waals surface area contributed by atoms with Crippen LogP contribution in [0.2, 0.25) is 0 Å². The first-order valence-corrected chi connectivity index (χ1v) is 10.4. The molecule has 28 heavy (non-hydrogen) atoms. The summed E-state index contributed by atoms with van der Waals surface area (Å²) in [4.78, 5) is 12.3. The zero-order valence-electron chi connectivity index (χ0n) is 17.0. The first-order valence-electron chi connectivity index (χ1n) is 10.4. The van der Waals surface area contributed by atoms with Crippen LogP contribution >= 0.6 is 0 Å². The minimum absolute atomic E-state index is 0.125. The molecule has 0 radical (unpaired) electrons. The van der Waals surface area contributed by atoms with E-state index in [0.717, 1.165) is 37.2 Å². The lowest BCUT2D eigenvalue weighted by Gasteiger charge is -2.19. The number of amides is 1. The van der Waals surface area contributed by atoms with Gasteiger partial charge in [-0.15, -0.1) is 0 Å². The maximum Gasteiger partial charge on any atom is 0.260 e. The fourth-order valence-corrected chi connectivity index (χ4v) is 3.57. The molecule has 3 rings (SSSR count). The van der Waals surface area contributed by atoms with Gasteiger partial charge in [-0.05, 0) is 80.0 Å². The minimum atomic E-state index is -0.532. The number of ether oxygens (including phenoxy) is 2. The van der Waals surface area contributed by atoms with Crippen molar-refractivity contribution in [1.29, 1.82) is 0 Å². The Morgan fingerprint density at radius 1 is 1.04 bits per heavy atom. The summed E-state index contributed by atoms with van der Waals surface area (Å²) in [6.07, 6.45) is 6.42. The molecule has 0 spiro atoms. The third kappa shape index (κ3) is 5.75. The lowest BCUT2D eigenvalue weighted by atomic mass is 9.92. The summed E-state index contributed by atoms with van der Waals surface area (Å²) in [5, 5.41) is 2.88. The Labute approximate surface area is 168 Å². The van der Waals surface area contributed by atoms with E-state index >= 15 is 0 Å². The van der Waals surface area contributed by atoms with Gasteiger partial charge in [0.15, 0.2) is 6.10 Å². The van der Waals surface area contributed by atoms with Crippen LogP contribution in [0.1, 0.15) is 49.8 Å². The average molecular weight is 382 g/mol. The summed E-state index contributed by atoms with van der Waals surface area (Å²) in [5.41, 5.74) is 4.08. The Bertz CT molecular complexity index is 770. The van der Waals surface area contributed by atoms with Gasteiger partial charge in [0.05, 0.1) is 6.54 Å². The second-order valence-electron chi connectivity index (χ2n) is 7.43. The van der Waals surface area contributed by atoms with Gasteiger partial charge in [0.1, 0.15) is 18.1 Å². The van der Waals surface area contributed by atoms with Crippen molar-refractivity contribution in [3.8, 4) is 11.5 Å². The fraction of sp³-hybridized carbons (Fsp3) is 0.458. The van der Waals surface area contributed by atoms with E-state index in [1.807, 2.05) is 18.2 Å². The van der Waals surface area contributed by atoms with Crippen LogP contribution in [0.5, 0.6) is 11.5 Å². The molecule has 0 saturated heterocycles. The lowest BCUT2D eigenvalue weighted by Crippen LogP contribution is -2.38. The molecule has 0 aromatic heterocycles. The van der Waals surface area contributed by atoms with Crippen molar-refractivity contribution in [2.75, 3.05) is 13.2 Å². The van der Waals surface area contributed by atoms with Crippen LogP contribution in [0.3, 0.4) is 0 Å². The summed E-state index contributed by atoms with van der Waals surface area (Å²) in [6.45, 7) is 4.84. The fourth-order valence-electron chi connectivity index (χ4n) is 3.57. The maximum atomic E-state index is 12.3. The van der Waals surface area contributed by atoms with Gasteiger partial charge >= 0.3 is 0 Å².